The normalized spacial score (nSPS) is 15.6. The van der Waals surface area contributed by atoms with Crippen LogP contribution in [0.1, 0.15) is 64.9 Å². The number of anilines is 4. The van der Waals surface area contributed by atoms with Crippen LogP contribution in [0.15, 0.2) is 41.7 Å². The third-order valence-electron chi connectivity index (χ3n) is 8.17. The molecule has 222 valence electrons. The molecule has 14 heteroatoms. The van der Waals surface area contributed by atoms with Crippen molar-refractivity contribution in [2.24, 2.45) is 0 Å². The summed E-state index contributed by atoms with van der Waals surface area (Å²) in [5.41, 5.74) is 3.77. The van der Waals surface area contributed by atoms with E-state index in [1.807, 2.05) is 17.0 Å². The second kappa shape index (κ2) is 11.7. The fraction of sp³-hybridized carbons (Fsp3) is 0.379. The molecule has 5 heterocycles. The minimum absolute atomic E-state index is 0.00742. The van der Waals surface area contributed by atoms with Crippen LogP contribution in [0, 0.1) is 6.92 Å². The fourth-order valence-electron chi connectivity index (χ4n) is 5.90. The van der Waals surface area contributed by atoms with Crippen LogP contribution in [0.25, 0.3) is 11.0 Å². The Kier molecular flexibility index (Phi) is 7.67. The van der Waals surface area contributed by atoms with E-state index in [9.17, 15) is 14.4 Å². The lowest BCUT2D eigenvalue weighted by molar-refractivity contribution is 0.0705. The Labute approximate surface area is 246 Å². The number of nitrogens with zero attached hydrogens (tertiary/aromatic N) is 8. The van der Waals surface area contributed by atoms with Crippen LogP contribution in [0.3, 0.4) is 0 Å². The Morgan fingerprint density at radius 1 is 0.930 bits per heavy atom. The van der Waals surface area contributed by atoms with Crippen LogP contribution in [-0.4, -0.2) is 72.6 Å². The summed E-state index contributed by atoms with van der Waals surface area (Å²) in [5, 5.41) is 12.6. The monoisotopic (exact) mass is 584 g/mol. The molecule has 0 atom stereocenters. The third-order valence-corrected chi connectivity index (χ3v) is 8.17. The fourth-order valence-corrected chi connectivity index (χ4v) is 5.90. The van der Waals surface area contributed by atoms with Crippen molar-refractivity contribution >= 4 is 46.1 Å². The van der Waals surface area contributed by atoms with Gasteiger partial charge in [-0.1, -0.05) is 12.8 Å². The first-order chi connectivity index (χ1) is 20.8. The van der Waals surface area contributed by atoms with Crippen LogP contribution in [0.5, 0.6) is 0 Å². The summed E-state index contributed by atoms with van der Waals surface area (Å²) in [5.74, 6) is 0.504. The molecule has 0 unspecified atom stereocenters. The number of nitrogens with one attached hydrogen (secondary N) is 2. The van der Waals surface area contributed by atoms with Gasteiger partial charge < -0.3 is 15.1 Å². The first-order valence-corrected chi connectivity index (χ1v) is 14.3. The number of piperazine rings is 1. The molecule has 2 fully saturated rings. The molecule has 0 spiro atoms. The molecule has 43 heavy (non-hydrogen) atoms. The maximum absolute atomic E-state index is 13.5. The number of Topliss-reactive ketones (excluding diaryl/α,β-unsaturated/α-hetero) is 1. The number of hydrogen-bond acceptors (Lipinski definition) is 12. The number of pyridine rings is 2. The first kappa shape index (κ1) is 28.2. The molecule has 1 amide bonds. The zero-order valence-electron chi connectivity index (χ0n) is 23.9. The quantitative estimate of drug-likeness (QED) is 0.165. The van der Waals surface area contributed by atoms with Gasteiger partial charge in [-0.15, -0.1) is 0 Å². The lowest BCUT2D eigenvalue weighted by Crippen LogP contribution is -2.47. The van der Waals surface area contributed by atoms with E-state index in [4.69, 9.17) is 10.2 Å². The predicted octanol–water partition coefficient (Wildman–Crippen LogP) is 2.79. The van der Waals surface area contributed by atoms with E-state index >= 15 is 0 Å². The van der Waals surface area contributed by atoms with E-state index < -0.39 is 5.91 Å². The number of carbonyl (C=O) groups is 2. The van der Waals surface area contributed by atoms with Crippen LogP contribution < -0.4 is 26.2 Å². The van der Waals surface area contributed by atoms with Gasteiger partial charge in [-0.2, -0.15) is 4.98 Å². The minimum atomic E-state index is -0.656. The molecule has 4 aromatic rings. The number of ketones is 1. The number of aromatic nitrogens is 6. The molecular weight excluding hydrogens is 552 g/mol. The van der Waals surface area contributed by atoms with Gasteiger partial charge >= 0.3 is 0 Å². The van der Waals surface area contributed by atoms with Crippen LogP contribution >= 0.6 is 0 Å². The SMILES string of the molecule is CC(=O)c1c(C)c2cnc(Nc3ccc(N4CCN(c5ncc(C(=O)NO)cn5)CC4)cn3)nc2n(C2CCCC2)c1=O. The van der Waals surface area contributed by atoms with Crippen LogP contribution in [-0.2, 0) is 0 Å². The average Bonchev–Trinajstić information content (AvgIpc) is 3.56. The second-order valence-electron chi connectivity index (χ2n) is 10.8. The summed E-state index contributed by atoms with van der Waals surface area (Å²) in [7, 11) is 0. The van der Waals surface area contributed by atoms with Crippen molar-refractivity contribution in [1.29, 1.82) is 0 Å². The molecule has 1 aliphatic heterocycles. The summed E-state index contributed by atoms with van der Waals surface area (Å²) < 4.78 is 1.69. The van der Waals surface area contributed by atoms with Gasteiger partial charge in [-0.25, -0.2) is 25.4 Å². The van der Waals surface area contributed by atoms with E-state index in [0.29, 0.717) is 47.4 Å². The van der Waals surface area contributed by atoms with E-state index in [0.717, 1.165) is 44.5 Å². The van der Waals surface area contributed by atoms with Gasteiger partial charge in [0, 0.05) is 56.2 Å². The minimum Gasteiger partial charge on any atom is -0.367 e. The van der Waals surface area contributed by atoms with Gasteiger partial charge in [-0.3, -0.25) is 24.2 Å². The Hall–Kier alpha value is -4.98. The second-order valence-corrected chi connectivity index (χ2v) is 10.8. The predicted molar refractivity (Wildman–Crippen MR) is 159 cm³/mol. The highest BCUT2D eigenvalue weighted by molar-refractivity contribution is 5.99. The van der Waals surface area contributed by atoms with Crippen molar-refractivity contribution in [3.63, 3.8) is 0 Å². The van der Waals surface area contributed by atoms with Crippen molar-refractivity contribution in [1.82, 2.24) is 35.0 Å². The van der Waals surface area contributed by atoms with E-state index in [1.54, 1.807) is 29.4 Å². The molecule has 1 saturated heterocycles. The van der Waals surface area contributed by atoms with Crippen molar-refractivity contribution in [2.75, 3.05) is 41.3 Å². The zero-order valence-corrected chi connectivity index (χ0v) is 23.9. The number of amides is 1. The van der Waals surface area contributed by atoms with Crippen molar-refractivity contribution in [3.05, 3.63) is 64.0 Å². The Bertz CT molecular complexity index is 1730. The van der Waals surface area contributed by atoms with Gasteiger partial charge in [0.1, 0.15) is 11.5 Å². The lowest BCUT2D eigenvalue weighted by atomic mass is 10.0. The Balaban J connectivity index is 1.16. The summed E-state index contributed by atoms with van der Waals surface area (Å²) in [4.78, 5) is 63.8. The average molecular weight is 585 g/mol. The number of fused-ring (bicyclic) bond motifs is 1. The largest absolute Gasteiger partial charge is 0.367 e. The number of hydroxylamine groups is 1. The van der Waals surface area contributed by atoms with Gasteiger partial charge in [0.15, 0.2) is 5.78 Å². The molecule has 1 aliphatic carbocycles. The Morgan fingerprint density at radius 2 is 1.63 bits per heavy atom. The van der Waals surface area contributed by atoms with Crippen LogP contribution in [0.4, 0.5) is 23.4 Å². The molecule has 2 aliphatic rings. The highest BCUT2D eigenvalue weighted by Crippen LogP contribution is 2.32. The molecule has 4 aromatic heterocycles. The highest BCUT2D eigenvalue weighted by atomic mass is 16.5. The highest BCUT2D eigenvalue weighted by Gasteiger charge is 2.26. The van der Waals surface area contributed by atoms with Gasteiger partial charge in [0.05, 0.1) is 23.0 Å². The molecule has 14 nitrogen and oxygen atoms in total. The summed E-state index contributed by atoms with van der Waals surface area (Å²) in [6, 6.07) is 3.84. The topological polar surface area (TPSA) is 171 Å². The van der Waals surface area contributed by atoms with Gasteiger partial charge in [0.2, 0.25) is 11.9 Å². The molecule has 0 aromatic carbocycles. The molecule has 0 radical (unpaired) electrons. The summed E-state index contributed by atoms with van der Waals surface area (Å²) in [6.45, 7) is 6.03. The van der Waals surface area contributed by atoms with E-state index in [1.165, 1.54) is 19.3 Å². The molecule has 6 rings (SSSR count). The van der Waals surface area contributed by atoms with E-state index in [-0.39, 0.29) is 28.5 Å². The van der Waals surface area contributed by atoms with Crippen LogP contribution in [0.2, 0.25) is 0 Å². The smallest absolute Gasteiger partial charge is 0.277 e. The lowest BCUT2D eigenvalue weighted by Gasteiger charge is -2.35. The zero-order chi connectivity index (χ0) is 30.1. The number of carbonyl (C=O) groups excluding carboxylic acids is 2. The molecule has 3 N–H and O–H groups in total. The number of rotatable bonds is 7. The molecule has 1 saturated carbocycles. The van der Waals surface area contributed by atoms with Gasteiger partial charge in [0.25, 0.3) is 11.5 Å². The molecular formula is C29H32N10O4. The summed E-state index contributed by atoms with van der Waals surface area (Å²) >= 11 is 0. The molecule has 0 bridgehead atoms. The van der Waals surface area contributed by atoms with E-state index in [2.05, 4.69) is 30.2 Å². The third kappa shape index (κ3) is 5.48. The van der Waals surface area contributed by atoms with Crippen molar-refractivity contribution < 1.29 is 14.8 Å². The van der Waals surface area contributed by atoms with Crippen molar-refractivity contribution in [3.8, 4) is 0 Å². The number of aryl methyl sites for hydroxylation is 1. The van der Waals surface area contributed by atoms with Gasteiger partial charge in [-0.05, 0) is 44.4 Å². The Morgan fingerprint density at radius 3 is 2.26 bits per heavy atom. The maximum Gasteiger partial charge on any atom is 0.277 e. The first-order valence-electron chi connectivity index (χ1n) is 14.3. The standard InChI is InChI=1S/C29H32N10O4/c1-17-22-16-31-28(35-25(22)39(20-5-3-4-6-20)27(42)24(17)18(2)40)34-23-8-7-21(15-30-23)37-9-11-38(12-10-37)29-32-13-19(14-33-29)26(41)36-43/h7-8,13-16,20,43H,3-6,9-12H2,1-2H3,(H,36,41)(H,30,31,34,35). The van der Waals surface area contributed by atoms with Crippen molar-refractivity contribution in [2.45, 2.75) is 45.6 Å². The maximum atomic E-state index is 13.5. The summed E-state index contributed by atoms with van der Waals surface area (Å²) in [6.07, 6.45) is 10.1. The number of hydrogen-bond donors (Lipinski definition) is 3.